The Morgan fingerprint density at radius 2 is 1.81 bits per heavy atom. The molecule has 0 saturated heterocycles. The van der Waals surface area contributed by atoms with Crippen molar-refractivity contribution in [3.63, 3.8) is 0 Å². The summed E-state index contributed by atoms with van der Waals surface area (Å²) in [4.78, 5) is 33.3. The predicted molar refractivity (Wildman–Crippen MR) is 138 cm³/mol. The molecule has 0 aliphatic carbocycles. The minimum Gasteiger partial charge on any atom is -0.315 e. The van der Waals surface area contributed by atoms with Crippen molar-refractivity contribution in [1.82, 2.24) is 14.5 Å². The number of carbonyl (C=O) groups excluding carboxylic acids is 1. The molecule has 0 fully saturated rings. The highest BCUT2D eigenvalue weighted by Crippen LogP contribution is 2.25. The lowest BCUT2D eigenvalue weighted by atomic mass is 10.1. The summed E-state index contributed by atoms with van der Waals surface area (Å²) < 4.78 is 29.1. The number of benzene rings is 3. The zero-order valence-electron chi connectivity index (χ0n) is 20.7. The third kappa shape index (κ3) is 4.84. The molecule has 0 aliphatic heterocycles. The maximum atomic E-state index is 14.2. The van der Waals surface area contributed by atoms with E-state index >= 15 is 0 Å². The summed E-state index contributed by atoms with van der Waals surface area (Å²) in [6, 6.07) is 14.5. The highest BCUT2D eigenvalue weighted by atomic mass is 19.1. The van der Waals surface area contributed by atoms with E-state index in [0.29, 0.717) is 41.4 Å². The molecule has 0 radical (unpaired) electrons. The summed E-state index contributed by atoms with van der Waals surface area (Å²) in [6.07, 6.45) is 0.616. The van der Waals surface area contributed by atoms with Gasteiger partial charge in [-0.15, -0.1) is 0 Å². The molecule has 3 aromatic carbocycles. The second-order valence-corrected chi connectivity index (χ2v) is 8.82. The smallest absolute Gasteiger partial charge is 0.315 e. The van der Waals surface area contributed by atoms with E-state index in [1.165, 1.54) is 15.5 Å². The van der Waals surface area contributed by atoms with Crippen LogP contribution in [0, 0.1) is 25.5 Å². The van der Waals surface area contributed by atoms with Crippen LogP contribution in [0.5, 0.6) is 0 Å². The molecule has 0 bridgehead atoms. The molecule has 0 spiro atoms. The van der Waals surface area contributed by atoms with Crippen molar-refractivity contribution in [3.05, 3.63) is 99.6 Å². The van der Waals surface area contributed by atoms with Crippen LogP contribution in [0.4, 0.5) is 19.3 Å². The average molecular weight is 491 g/mol. The summed E-state index contributed by atoms with van der Waals surface area (Å²) >= 11 is 0. The molecule has 6 nitrogen and oxygen atoms in total. The molecule has 1 aromatic heterocycles. The minimum atomic E-state index is -0.872. The third-order valence-electron chi connectivity index (χ3n) is 6.29. The van der Waals surface area contributed by atoms with E-state index in [9.17, 15) is 18.4 Å². The van der Waals surface area contributed by atoms with Gasteiger partial charge in [0, 0.05) is 12.6 Å². The van der Waals surface area contributed by atoms with Crippen LogP contribution in [0.3, 0.4) is 0 Å². The highest BCUT2D eigenvalue weighted by Gasteiger charge is 2.27. The lowest BCUT2D eigenvalue weighted by Gasteiger charge is -2.30. The Kier molecular flexibility index (Phi) is 7.15. The summed E-state index contributed by atoms with van der Waals surface area (Å²) in [5, 5.41) is 3.00. The Balaban J connectivity index is 1.84. The summed E-state index contributed by atoms with van der Waals surface area (Å²) in [5.74, 6) is -1.23. The average Bonchev–Trinajstić information content (AvgIpc) is 2.85. The zero-order chi connectivity index (χ0) is 26.0. The lowest BCUT2D eigenvalue weighted by molar-refractivity contribution is 0.189. The number of carbonyl (C=O) groups is 1. The number of urea groups is 1. The van der Waals surface area contributed by atoms with Gasteiger partial charge >= 0.3 is 6.03 Å². The van der Waals surface area contributed by atoms with Gasteiger partial charge in [0.05, 0.1) is 28.3 Å². The van der Waals surface area contributed by atoms with Crippen molar-refractivity contribution < 1.29 is 13.6 Å². The molecule has 0 aliphatic rings. The largest absolute Gasteiger partial charge is 0.322 e. The molecule has 1 heterocycles. The Morgan fingerprint density at radius 1 is 1.06 bits per heavy atom. The first-order valence-corrected chi connectivity index (χ1v) is 11.8. The number of anilines is 1. The van der Waals surface area contributed by atoms with Gasteiger partial charge in [-0.2, -0.15) is 0 Å². The Labute approximate surface area is 208 Å². The molecule has 0 saturated carbocycles. The van der Waals surface area contributed by atoms with E-state index in [-0.39, 0.29) is 11.2 Å². The van der Waals surface area contributed by atoms with Crippen LogP contribution in [0.1, 0.15) is 43.3 Å². The molecule has 1 atom stereocenters. The van der Waals surface area contributed by atoms with Gasteiger partial charge in [0.2, 0.25) is 0 Å². The Bertz CT molecular complexity index is 1500. The van der Waals surface area contributed by atoms with Crippen LogP contribution >= 0.6 is 0 Å². The van der Waals surface area contributed by atoms with Crippen LogP contribution in [0.2, 0.25) is 0 Å². The van der Waals surface area contributed by atoms with Crippen molar-refractivity contribution >= 4 is 22.6 Å². The van der Waals surface area contributed by atoms with E-state index < -0.39 is 23.7 Å². The minimum absolute atomic E-state index is 0.132. The molecule has 2 amide bonds. The predicted octanol–water partition coefficient (Wildman–Crippen LogP) is 6.29. The summed E-state index contributed by atoms with van der Waals surface area (Å²) in [7, 11) is 0. The molecule has 4 rings (SSSR count). The monoisotopic (exact) mass is 490 g/mol. The fourth-order valence-corrected chi connectivity index (χ4v) is 4.17. The molecule has 8 heteroatoms. The maximum Gasteiger partial charge on any atom is 0.322 e. The number of hydrogen-bond donors (Lipinski definition) is 1. The molecule has 4 aromatic rings. The van der Waals surface area contributed by atoms with Gasteiger partial charge in [0.25, 0.3) is 5.56 Å². The molecule has 186 valence electrons. The second-order valence-electron chi connectivity index (χ2n) is 8.82. The quantitative estimate of drug-likeness (QED) is 0.346. The summed E-state index contributed by atoms with van der Waals surface area (Å²) in [5.41, 5.74) is 2.89. The van der Waals surface area contributed by atoms with E-state index in [2.05, 4.69) is 5.32 Å². The number of rotatable bonds is 6. The van der Waals surface area contributed by atoms with Gasteiger partial charge < -0.3 is 10.2 Å². The topological polar surface area (TPSA) is 67.2 Å². The molecule has 36 heavy (non-hydrogen) atoms. The number of para-hydroxylation sites is 1. The highest BCUT2D eigenvalue weighted by molar-refractivity contribution is 5.89. The molecular weight excluding hydrogens is 462 g/mol. The van der Waals surface area contributed by atoms with Crippen LogP contribution in [-0.2, 0) is 0 Å². The van der Waals surface area contributed by atoms with Gasteiger partial charge in [-0.3, -0.25) is 9.36 Å². The van der Waals surface area contributed by atoms with Crippen molar-refractivity contribution in [2.24, 2.45) is 0 Å². The van der Waals surface area contributed by atoms with Crippen molar-refractivity contribution in [3.8, 4) is 5.69 Å². The third-order valence-corrected chi connectivity index (χ3v) is 6.29. The van der Waals surface area contributed by atoms with Crippen molar-refractivity contribution in [2.75, 3.05) is 11.9 Å². The van der Waals surface area contributed by atoms with E-state index in [0.717, 1.165) is 17.2 Å². The number of aromatic nitrogens is 2. The van der Waals surface area contributed by atoms with Crippen LogP contribution in [0.25, 0.3) is 16.6 Å². The van der Waals surface area contributed by atoms with E-state index in [4.69, 9.17) is 4.98 Å². The number of aryl methyl sites for hydroxylation is 2. The molecule has 1 N–H and O–H groups in total. The van der Waals surface area contributed by atoms with Gasteiger partial charge in [-0.1, -0.05) is 25.1 Å². The zero-order valence-corrected chi connectivity index (χ0v) is 20.7. The SMILES string of the molecule is CCCN(C(=O)Nc1ccc(F)cc1F)C(C)c1nc2ccccc2c(=O)n1-c1ccc(C)c(C)c1. The normalized spacial score (nSPS) is 11.9. The van der Waals surface area contributed by atoms with Crippen molar-refractivity contribution in [2.45, 2.75) is 40.2 Å². The van der Waals surface area contributed by atoms with Crippen LogP contribution in [-0.4, -0.2) is 27.0 Å². The van der Waals surface area contributed by atoms with E-state index in [1.807, 2.05) is 39.0 Å². The fraction of sp³-hybridized carbons (Fsp3) is 0.250. The van der Waals surface area contributed by atoms with Crippen molar-refractivity contribution in [1.29, 1.82) is 0 Å². The van der Waals surface area contributed by atoms with Gasteiger partial charge in [0.1, 0.15) is 17.5 Å². The standard InChI is InChI=1S/C28H28F2N4O2/c1-5-14-33(28(36)32-25-13-11-20(29)16-23(25)30)19(4)26-31-24-9-7-6-8-22(24)27(35)34(26)21-12-10-17(2)18(3)15-21/h6-13,15-16,19H,5,14H2,1-4H3,(H,32,36). The Hall–Kier alpha value is -4.07. The van der Waals surface area contributed by atoms with Gasteiger partial charge in [0.15, 0.2) is 0 Å². The van der Waals surface area contributed by atoms with Gasteiger partial charge in [-0.25, -0.2) is 18.6 Å². The maximum absolute atomic E-state index is 14.2. The number of hydrogen-bond acceptors (Lipinski definition) is 3. The number of halogens is 2. The molecule has 1 unspecified atom stereocenters. The van der Waals surface area contributed by atoms with E-state index in [1.54, 1.807) is 31.2 Å². The number of amides is 2. The van der Waals surface area contributed by atoms with Crippen LogP contribution in [0.15, 0.2) is 65.5 Å². The number of nitrogens with one attached hydrogen (secondary N) is 1. The summed E-state index contributed by atoms with van der Waals surface area (Å²) in [6.45, 7) is 7.98. The fourth-order valence-electron chi connectivity index (χ4n) is 4.17. The second kappa shape index (κ2) is 10.3. The van der Waals surface area contributed by atoms with Gasteiger partial charge in [-0.05, 0) is 74.7 Å². The first-order valence-electron chi connectivity index (χ1n) is 11.8. The number of nitrogens with zero attached hydrogens (tertiary/aromatic N) is 3. The number of fused-ring (bicyclic) bond motifs is 1. The lowest BCUT2D eigenvalue weighted by Crippen LogP contribution is -2.40. The van der Waals surface area contributed by atoms with Crippen LogP contribution < -0.4 is 10.9 Å². The first-order chi connectivity index (χ1) is 17.2. The first kappa shape index (κ1) is 25.0. The Morgan fingerprint density at radius 3 is 2.50 bits per heavy atom. The molecular formula is C28H28F2N4O2.